The highest BCUT2D eigenvalue weighted by Gasteiger charge is 2.23. The lowest BCUT2D eigenvalue weighted by molar-refractivity contribution is 0.156. The number of furan rings is 1. The third-order valence-corrected chi connectivity index (χ3v) is 4.98. The van der Waals surface area contributed by atoms with Gasteiger partial charge >= 0.3 is 5.69 Å². The first-order valence-electron chi connectivity index (χ1n) is 9.42. The summed E-state index contributed by atoms with van der Waals surface area (Å²) in [7, 11) is 0. The SMILES string of the molecule is O=c1[nH]c(=O)n(Cc2ccco2)c(O)c1C=NN1CCCC[C@@H]1c1cccnc1. The standard InChI is InChI=1S/C20H21N5O4/c26-18-16(19(27)24(20(28)23-18)13-15-6-4-10-29-15)12-22-25-9-2-1-7-17(25)14-5-3-8-21-11-14/h3-6,8,10-12,17,27H,1-2,7,9,13H2,(H,23,26,28)/t17-/m1/s1. The summed E-state index contributed by atoms with van der Waals surface area (Å²) in [6.07, 6.45) is 9.29. The normalized spacial score (nSPS) is 17.1. The van der Waals surface area contributed by atoms with Crippen molar-refractivity contribution >= 4 is 6.21 Å². The Hall–Kier alpha value is -3.62. The molecule has 0 saturated carbocycles. The van der Waals surface area contributed by atoms with Crippen LogP contribution in [-0.4, -0.2) is 37.4 Å². The molecule has 1 fully saturated rings. The van der Waals surface area contributed by atoms with Crippen molar-refractivity contribution in [1.82, 2.24) is 19.5 Å². The Labute approximate surface area is 166 Å². The van der Waals surface area contributed by atoms with Crippen LogP contribution >= 0.6 is 0 Å². The van der Waals surface area contributed by atoms with E-state index in [1.807, 2.05) is 23.3 Å². The zero-order chi connectivity index (χ0) is 20.2. The highest BCUT2D eigenvalue weighted by atomic mass is 16.3. The van der Waals surface area contributed by atoms with E-state index in [-0.39, 0.29) is 18.2 Å². The number of H-pyrrole nitrogens is 1. The van der Waals surface area contributed by atoms with Gasteiger partial charge < -0.3 is 9.52 Å². The summed E-state index contributed by atoms with van der Waals surface area (Å²) in [6, 6.07) is 7.29. The molecule has 9 nitrogen and oxygen atoms in total. The summed E-state index contributed by atoms with van der Waals surface area (Å²) < 4.78 is 6.26. The summed E-state index contributed by atoms with van der Waals surface area (Å²) in [5.74, 6) is 0.0267. The monoisotopic (exact) mass is 395 g/mol. The molecule has 3 aromatic rings. The van der Waals surface area contributed by atoms with Gasteiger partial charge in [0.05, 0.1) is 25.1 Å². The first-order valence-corrected chi connectivity index (χ1v) is 9.42. The number of aromatic nitrogens is 3. The Bertz CT molecular complexity index is 1100. The molecular weight excluding hydrogens is 374 g/mol. The summed E-state index contributed by atoms with van der Waals surface area (Å²) in [4.78, 5) is 30.8. The molecule has 1 atom stereocenters. The number of nitrogens with one attached hydrogen (secondary N) is 1. The van der Waals surface area contributed by atoms with E-state index in [0.717, 1.165) is 35.9 Å². The van der Waals surface area contributed by atoms with Gasteiger partial charge in [0.2, 0.25) is 5.88 Å². The summed E-state index contributed by atoms with van der Waals surface area (Å²) in [5.41, 5.74) is -0.439. The van der Waals surface area contributed by atoms with Crippen molar-refractivity contribution in [3.63, 3.8) is 0 Å². The molecule has 1 aliphatic rings. The Morgan fingerprint density at radius 2 is 2.21 bits per heavy atom. The number of piperidine rings is 1. The quantitative estimate of drug-likeness (QED) is 0.637. The average Bonchev–Trinajstić information content (AvgIpc) is 3.25. The number of nitrogens with zero attached hydrogens (tertiary/aromatic N) is 4. The Morgan fingerprint density at radius 3 is 2.97 bits per heavy atom. The van der Waals surface area contributed by atoms with E-state index in [0.29, 0.717) is 5.76 Å². The van der Waals surface area contributed by atoms with Crippen LogP contribution in [0.5, 0.6) is 5.88 Å². The van der Waals surface area contributed by atoms with E-state index >= 15 is 0 Å². The fourth-order valence-corrected chi connectivity index (χ4v) is 3.49. The second-order valence-corrected chi connectivity index (χ2v) is 6.87. The molecule has 0 aromatic carbocycles. The maximum Gasteiger partial charge on any atom is 0.331 e. The van der Waals surface area contributed by atoms with Gasteiger partial charge in [-0.15, -0.1) is 0 Å². The second kappa shape index (κ2) is 8.17. The minimum absolute atomic E-state index is 0.00267. The van der Waals surface area contributed by atoms with Gasteiger partial charge in [0.15, 0.2) is 0 Å². The van der Waals surface area contributed by atoms with Gasteiger partial charge in [0.25, 0.3) is 5.56 Å². The Balaban J connectivity index is 1.65. The summed E-state index contributed by atoms with van der Waals surface area (Å²) in [6.45, 7) is 0.720. The van der Waals surface area contributed by atoms with Crippen molar-refractivity contribution < 1.29 is 9.52 Å². The average molecular weight is 395 g/mol. The predicted octanol–water partition coefficient (Wildman–Crippen LogP) is 1.84. The third kappa shape index (κ3) is 3.98. The van der Waals surface area contributed by atoms with E-state index in [4.69, 9.17) is 4.42 Å². The van der Waals surface area contributed by atoms with Crippen molar-refractivity contribution in [3.8, 4) is 5.88 Å². The molecule has 0 bridgehead atoms. The van der Waals surface area contributed by atoms with Crippen LogP contribution in [0.15, 0.2) is 62.0 Å². The van der Waals surface area contributed by atoms with Gasteiger partial charge in [-0.2, -0.15) is 5.10 Å². The topological polar surface area (TPSA) is 117 Å². The van der Waals surface area contributed by atoms with Crippen molar-refractivity contribution in [2.45, 2.75) is 31.8 Å². The van der Waals surface area contributed by atoms with E-state index < -0.39 is 17.1 Å². The van der Waals surface area contributed by atoms with Gasteiger partial charge in [-0.05, 0) is 43.0 Å². The number of hydrogen-bond acceptors (Lipinski definition) is 7. The van der Waals surface area contributed by atoms with E-state index in [2.05, 4.69) is 15.1 Å². The maximum atomic E-state index is 12.3. The number of hydrazone groups is 1. The molecule has 0 amide bonds. The molecule has 150 valence electrons. The van der Waals surface area contributed by atoms with E-state index in [1.165, 1.54) is 12.5 Å². The molecule has 1 aliphatic heterocycles. The number of hydrogen-bond donors (Lipinski definition) is 2. The zero-order valence-electron chi connectivity index (χ0n) is 15.7. The van der Waals surface area contributed by atoms with Crippen molar-refractivity contribution in [2.24, 2.45) is 5.10 Å². The molecule has 2 N–H and O–H groups in total. The van der Waals surface area contributed by atoms with Crippen LogP contribution in [0.2, 0.25) is 0 Å². The van der Waals surface area contributed by atoms with Crippen LogP contribution in [0.3, 0.4) is 0 Å². The molecule has 0 aliphatic carbocycles. The van der Waals surface area contributed by atoms with Crippen LogP contribution in [0.25, 0.3) is 0 Å². The molecule has 0 spiro atoms. The van der Waals surface area contributed by atoms with Crippen LogP contribution < -0.4 is 11.2 Å². The minimum Gasteiger partial charge on any atom is -0.494 e. The maximum absolute atomic E-state index is 12.3. The number of rotatable bonds is 5. The number of aromatic amines is 1. The smallest absolute Gasteiger partial charge is 0.331 e. The van der Waals surface area contributed by atoms with E-state index in [1.54, 1.807) is 18.3 Å². The second-order valence-electron chi connectivity index (χ2n) is 6.87. The lowest BCUT2D eigenvalue weighted by Gasteiger charge is -2.33. The van der Waals surface area contributed by atoms with Gasteiger partial charge in [-0.25, -0.2) is 4.79 Å². The molecule has 4 rings (SSSR count). The molecule has 0 unspecified atom stereocenters. The van der Waals surface area contributed by atoms with Gasteiger partial charge in [0.1, 0.15) is 11.3 Å². The van der Waals surface area contributed by atoms with Gasteiger partial charge in [0, 0.05) is 18.9 Å². The van der Waals surface area contributed by atoms with Crippen LogP contribution in [0.1, 0.15) is 42.2 Å². The lowest BCUT2D eigenvalue weighted by atomic mass is 9.98. The number of aromatic hydroxyl groups is 1. The van der Waals surface area contributed by atoms with Crippen LogP contribution in [-0.2, 0) is 6.54 Å². The molecule has 29 heavy (non-hydrogen) atoms. The third-order valence-electron chi connectivity index (χ3n) is 4.98. The highest BCUT2D eigenvalue weighted by molar-refractivity contribution is 5.81. The van der Waals surface area contributed by atoms with Crippen molar-refractivity contribution in [2.75, 3.05) is 6.54 Å². The van der Waals surface area contributed by atoms with E-state index in [9.17, 15) is 14.7 Å². The molecule has 4 heterocycles. The van der Waals surface area contributed by atoms with Crippen molar-refractivity contribution in [3.05, 3.63) is 80.6 Å². The van der Waals surface area contributed by atoms with Gasteiger partial charge in [-0.1, -0.05) is 6.07 Å². The van der Waals surface area contributed by atoms with Gasteiger partial charge in [-0.3, -0.25) is 24.3 Å². The lowest BCUT2D eigenvalue weighted by Crippen LogP contribution is -2.33. The minimum atomic E-state index is -0.716. The summed E-state index contributed by atoms with van der Waals surface area (Å²) >= 11 is 0. The largest absolute Gasteiger partial charge is 0.494 e. The van der Waals surface area contributed by atoms with Crippen LogP contribution in [0.4, 0.5) is 0 Å². The summed E-state index contributed by atoms with van der Waals surface area (Å²) in [5, 5.41) is 16.9. The first kappa shape index (κ1) is 18.7. The molecular formula is C20H21N5O4. The van der Waals surface area contributed by atoms with Crippen LogP contribution in [0, 0.1) is 0 Å². The number of pyridine rings is 1. The fraction of sp³-hybridized carbons (Fsp3) is 0.300. The van der Waals surface area contributed by atoms with Crippen molar-refractivity contribution in [1.29, 1.82) is 0 Å². The Kier molecular flexibility index (Phi) is 5.28. The predicted molar refractivity (Wildman–Crippen MR) is 106 cm³/mol. The molecule has 3 aromatic heterocycles. The molecule has 9 heteroatoms. The Morgan fingerprint density at radius 1 is 1.31 bits per heavy atom. The fourth-order valence-electron chi connectivity index (χ4n) is 3.49. The first-order chi connectivity index (χ1) is 14.1. The highest BCUT2D eigenvalue weighted by Crippen LogP contribution is 2.30. The molecule has 0 radical (unpaired) electrons. The zero-order valence-corrected chi connectivity index (χ0v) is 15.7. The molecule has 1 saturated heterocycles.